The fraction of sp³-hybridized carbons (Fsp3) is 0.182. The van der Waals surface area contributed by atoms with Crippen molar-refractivity contribution in [3.05, 3.63) is 71.7 Å². The highest BCUT2D eigenvalue weighted by atomic mass is 16.5. The van der Waals surface area contributed by atoms with Crippen LogP contribution in [0.25, 0.3) is 16.8 Å². The molecule has 0 aliphatic rings. The maximum atomic E-state index is 12.5. The number of carbonyl (C=O) groups is 1. The van der Waals surface area contributed by atoms with Gasteiger partial charge in [-0.25, -0.2) is 0 Å². The number of ether oxygens (including phenoxy) is 1. The summed E-state index contributed by atoms with van der Waals surface area (Å²) in [6, 6.07) is 17.2. The first-order valence-corrected chi connectivity index (χ1v) is 8.80. The Morgan fingerprint density at radius 3 is 2.81 bits per heavy atom. The number of benzene rings is 2. The quantitative estimate of drug-likeness (QED) is 0.499. The van der Waals surface area contributed by atoms with E-state index in [4.69, 9.17) is 9.15 Å². The molecule has 0 atom stereocenters. The maximum absolute atomic E-state index is 12.5. The molecule has 5 nitrogen and oxygen atoms in total. The summed E-state index contributed by atoms with van der Waals surface area (Å²) in [7, 11) is 0. The van der Waals surface area contributed by atoms with Gasteiger partial charge in [0.25, 0.3) is 5.91 Å². The Labute approximate surface area is 157 Å². The van der Waals surface area contributed by atoms with Gasteiger partial charge in [0, 0.05) is 5.56 Å². The fourth-order valence-electron chi connectivity index (χ4n) is 2.73. The molecule has 0 spiro atoms. The molecule has 0 bridgehead atoms. The van der Waals surface area contributed by atoms with E-state index >= 15 is 0 Å². The summed E-state index contributed by atoms with van der Waals surface area (Å²) in [5, 5.41) is 14.2. The molecule has 3 rings (SSSR count). The molecule has 0 radical (unpaired) electrons. The van der Waals surface area contributed by atoms with E-state index < -0.39 is 5.91 Å². The fourth-order valence-corrected chi connectivity index (χ4v) is 2.73. The van der Waals surface area contributed by atoms with Crippen molar-refractivity contribution < 1.29 is 13.9 Å². The maximum Gasteiger partial charge on any atom is 0.262 e. The molecule has 0 saturated heterocycles. The molecule has 3 aromatic rings. The van der Waals surface area contributed by atoms with Gasteiger partial charge in [0.1, 0.15) is 23.2 Å². The summed E-state index contributed by atoms with van der Waals surface area (Å²) in [4.78, 5) is 12.5. The lowest BCUT2D eigenvalue weighted by atomic mass is 10.0. The number of nitrogens with one attached hydrogen (secondary N) is 1. The van der Waals surface area contributed by atoms with Crippen LogP contribution in [-0.2, 0) is 11.3 Å². The van der Waals surface area contributed by atoms with Gasteiger partial charge in [0.05, 0.1) is 19.4 Å². The lowest BCUT2D eigenvalue weighted by molar-refractivity contribution is -0.117. The molecule has 2 aromatic carbocycles. The van der Waals surface area contributed by atoms with Gasteiger partial charge in [0.2, 0.25) is 0 Å². The lowest BCUT2D eigenvalue weighted by Crippen LogP contribution is -2.23. The molecule has 0 aliphatic carbocycles. The van der Waals surface area contributed by atoms with Crippen molar-refractivity contribution in [3.8, 4) is 11.8 Å². The number of amides is 1. The third kappa shape index (κ3) is 4.36. The summed E-state index contributed by atoms with van der Waals surface area (Å²) in [5.41, 5.74) is 0.741. The molecule has 0 fully saturated rings. The van der Waals surface area contributed by atoms with Crippen LogP contribution >= 0.6 is 0 Å². The number of rotatable bonds is 7. The second-order valence-corrected chi connectivity index (χ2v) is 5.98. The van der Waals surface area contributed by atoms with Gasteiger partial charge in [-0.15, -0.1) is 0 Å². The summed E-state index contributed by atoms with van der Waals surface area (Å²) in [5.74, 6) is 0.822. The average molecular weight is 360 g/mol. The largest absolute Gasteiger partial charge is 0.493 e. The van der Waals surface area contributed by atoms with Crippen LogP contribution in [-0.4, -0.2) is 12.5 Å². The second kappa shape index (κ2) is 8.72. The second-order valence-electron chi connectivity index (χ2n) is 5.98. The van der Waals surface area contributed by atoms with Crippen LogP contribution in [0.15, 0.2) is 64.8 Å². The average Bonchev–Trinajstić information content (AvgIpc) is 3.22. The minimum Gasteiger partial charge on any atom is -0.493 e. The summed E-state index contributed by atoms with van der Waals surface area (Å²) >= 11 is 0. The van der Waals surface area contributed by atoms with Crippen molar-refractivity contribution in [2.45, 2.75) is 19.9 Å². The first-order chi connectivity index (χ1) is 13.2. The van der Waals surface area contributed by atoms with Crippen LogP contribution in [0.3, 0.4) is 0 Å². The van der Waals surface area contributed by atoms with E-state index in [0.29, 0.717) is 18.1 Å². The van der Waals surface area contributed by atoms with Gasteiger partial charge in [-0.1, -0.05) is 37.3 Å². The van der Waals surface area contributed by atoms with Crippen molar-refractivity contribution in [2.75, 3.05) is 6.61 Å². The molecular weight excluding hydrogens is 340 g/mol. The van der Waals surface area contributed by atoms with Gasteiger partial charge < -0.3 is 14.5 Å². The van der Waals surface area contributed by atoms with Crippen LogP contribution in [0, 0.1) is 11.3 Å². The SMILES string of the molecule is CCCOc1ccc2ccccc2c1/C=C(\C#N)C(=O)NCc1ccco1. The lowest BCUT2D eigenvalue weighted by Gasteiger charge is -2.12. The van der Waals surface area contributed by atoms with E-state index in [1.807, 2.05) is 49.4 Å². The standard InChI is InChI=1S/C22H20N2O3/c1-2-11-27-21-10-9-16-6-3-4-8-19(16)20(21)13-17(14-23)22(25)24-15-18-7-5-12-26-18/h3-10,12-13H,2,11,15H2,1H3,(H,24,25)/b17-13+. The Kier molecular flexibility index (Phi) is 5.91. The third-order valence-corrected chi connectivity index (χ3v) is 4.05. The van der Waals surface area contributed by atoms with E-state index in [1.165, 1.54) is 6.26 Å². The molecule has 0 aliphatic heterocycles. The number of nitrogens with zero attached hydrogens (tertiary/aromatic N) is 1. The predicted octanol–water partition coefficient (Wildman–Crippen LogP) is 4.44. The molecule has 27 heavy (non-hydrogen) atoms. The number of nitriles is 1. The highest BCUT2D eigenvalue weighted by Crippen LogP contribution is 2.30. The molecule has 1 amide bonds. The monoisotopic (exact) mass is 360 g/mol. The summed E-state index contributed by atoms with van der Waals surface area (Å²) in [6.45, 7) is 2.81. The molecule has 136 valence electrons. The first kappa shape index (κ1) is 18.3. The van der Waals surface area contributed by atoms with Crippen molar-refractivity contribution in [1.82, 2.24) is 5.32 Å². The minimum absolute atomic E-state index is 0.0132. The topological polar surface area (TPSA) is 75.3 Å². The van der Waals surface area contributed by atoms with Crippen LogP contribution < -0.4 is 10.1 Å². The zero-order valence-electron chi connectivity index (χ0n) is 15.1. The summed E-state index contributed by atoms with van der Waals surface area (Å²) < 4.78 is 11.0. The Morgan fingerprint density at radius 2 is 2.07 bits per heavy atom. The van der Waals surface area contributed by atoms with E-state index in [1.54, 1.807) is 18.2 Å². The van der Waals surface area contributed by atoms with Gasteiger partial charge in [-0.3, -0.25) is 4.79 Å². The molecule has 5 heteroatoms. The van der Waals surface area contributed by atoms with Gasteiger partial charge >= 0.3 is 0 Å². The van der Waals surface area contributed by atoms with Crippen LogP contribution in [0.2, 0.25) is 0 Å². The molecule has 0 unspecified atom stereocenters. The van der Waals surface area contributed by atoms with Gasteiger partial charge in [0.15, 0.2) is 0 Å². The van der Waals surface area contributed by atoms with Crippen LogP contribution in [0.5, 0.6) is 5.75 Å². The van der Waals surface area contributed by atoms with E-state index in [-0.39, 0.29) is 12.1 Å². The normalized spacial score (nSPS) is 11.2. The molecular formula is C22H20N2O3. The minimum atomic E-state index is -0.455. The van der Waals surface area contributed by atoms with Crippen molar-refractivity contribution in [1.29, 1.82) is 5.26 Å². The van der Waals surface area contributed by atoms with Crippen molar-refractivity contribution in [2.24, 2.45) is 0 Å². The van der Waals surface area contributed by atoms with Gasteiger partial charge in [-0.2, -0.15) is 5.26 Å². The summed E-state index contributed by atoms with van der Waals surface area (Å²) in [6.07, 6.45) is 3.99. The number of hydrogen-bond donors (Lipinski definition) is 1. The Balaban J connectivity index is 1.95. The van der Waals surface area contributed by atoms with E-state index in [2.05, 4.69) is 5.32 Å². The zero-order chi connectivity index (χ0) is 19.1. The molecule has 1 aromatic heterocycles. The van der Waals surface area contributed by atoms with Crippen molar-refractivity contribution in [3.63, 3.8) is 0 Å². The number of furan rings is 1. The highest BCUT2D eigenvalue weighted by Gasteiger charge is 2.13. The van der Waals surface area contributed by atoms with Crippen molar-refractivity contribution >= 4 is 22.8 Å². The highest BCUT2D eigenvalue weighted by molar-refractivity contribution is 6.04. The Bertz CT molecular complexity index is 998. The molecule has 0 saturated carbocycles. The van der Waals surface area contributed by atoms with E-state index in [0.717, 1.165) is 22.8 Å². The number of hydrogen-bond acceptors (Lipinski definition) is 4. The number of fused-ring (bicyclic) bond motifs is 1. The Hall–Kier alpha value is -3.52. The van der Waals surface area contributed by atoms with Crippen LogP contribution in [0.1, 0.15) is 24.7 Å². The molecule has 1 N–H and O–H groups in total. The first-order valence-electron chi connectivity index (χ1n) is 8.80. The zero-order valence-corrected chi connectivity index (χ0v) is 15.1. The smallest absolute Gasteiger partial charge is 0.262 e. The predicted molar refractivity (Wildman–Crippen MR) is 104 cm³/mol. The van der Waals surface area contributed by atoms with Crippen LogP contribution in [0.4, 0.5) is 0 Å². The Morgan fingerprint density at radius 1 is 1.22 bits per heavy atom. The number of carbonyl (C=O) groups excluding carboxylic acids is 1. The van der Waals surface area contributed by atoms with Gasteiger partial charge in [-0.05, 0) is 41.5 Å². The molecule has 1 heterocycles. The third-order valence-electron chi connectivity index (χ3n) is 4.05. The van der Waals surface area contributed by atoms with E-state index in [9.17, 15) is 10.1 Å².